The van der Waals surface area contributed by atoms with E-state index >= 15 is 0 Å². The molecule has 0 aliphatic heterocycles. The molecule has 0 aromatic rings. The van der Waals surface area contributed by atoms with Crippen molar-refractivity contribution in [3.8, 4) is 0 Å². The van der Waals surface area contributed by atoms with Crippen LogP contribution in [0.25, 0.3) is 0 Å². The van der Waals surface area contributed by atoms with Crippen molar-refractivity contribution >= 4 is 10.4 Å². The molecule has 0 radical (unpaired) electrons. The molecular formula is C38H85BrN2O4S. The normalized spacial score (nSPS) is 11.7. The second-order valence-electron chi connectivity index (χ2n) is 15.6. The topological polar surface area (TPSA) is 77.4 Å². The Bertz CT molecular complexity index is 615. The number of nitrogens with zero attached hydrogens (tertiary/aromatic N) is 2. The van der Waals surface area contributed by atoms with Crippen LogP contribution in [-0.4, -0.2) is 81.9 Å². The molecule has 8 heteroatoms. The van der Waals surface area contributed by atoms with Crippen molar-refractivity contribution in [1.82, 2.24) is 0 Å². The standard InChI is InChI=1S/2C19H42N.BrH.H2O4S/c2*1-5-6-7-8-9-10-11-12-13-14-15-16-17-18-19-20(2,3)4;;1-5(2,3)4/h2*5-19H2,1-4H3;1H;(H2,1,2,3,4)/q2*+1;;/p-2. The van der Waals surface area contributed by atoms with E-state index in [2.05, 4.69) is 56.1 Å². The molecule has 0 amide bonds. The summed E-state index contributed by atoms with van der Waals surface area (Å²) < 4.78 is 35.1. The highest BCUT2D eigenvalue weighted by atomic mass is 79.9. The number of rotatable bonds is 30. The van der Waals surface area contributed by atoms with E-state index in [1.807, 2.05) is 0 Å². The van der Waals surface area contributed by atoms with Gasteiger partial charge in [0.25, 0.3) is 0 Å². The van der Waals surface area contributed by atoms with E-state index in [-0.39, 0.29) is 17.0 Å². The summed E-state index contributed by atoms with van der Waals surface area (Å²) in [5.74, 6) is 0. The minimum atomic E-state index is -4.92. The molecule has 0 saturated heterocycles. The van der Waals surface area contributed by atoms with E-state index in [4.69, 9.17) is 17.5 Å². The van der Waals surface area contributed by atoms with Gasteiger partial charge in [0, 0.05) is 0 Å². The van der Waals surface area contributed by atoms with Crippen LogP contribution in [0.3, 0.4) is 0 Å². The predicted octanol–water partition coefficient (Wildman–Crippen LogP) is 8.36. The lowest BCUT2D eigenvalue weighted by molar-refractivity contribution is -0.870. The molecule has 0 heterocycles. The minimum Gasteiger partial charge on any atom is -1.00 e. The Morgan fingerprint density at radius 1 is 0.391 bits per heavy atom. The maximum Gasteiger partial charge on any atom is 0.215 e. The Morgan fingerprint density at radius 2 is 0.522 bits per heavy atom. The number of quaternary nitrogens is 2. The molecule has 6 nitrogen and oxygen atoms in total. The number of hydrogen-bond acceptors (Lipinski definition) is 3. The first kappa shape index (κ1) is 53.1. The molecule has 0 atom stereocenters. The highest BCUT2D eigenvalue weighted by Gasteiger charge is 2.06. The average molecular weight is 746 g/mol. The molecule has 46 heavy (non-hydrogen) atoms. The second-order valence-corrected chi connectivity index (χ2v) is 16.5. The molecule has 0 fully saturated rings. The summed E-state index contributed by atoms with van der Waals surface area (Å²) in [6.07, 6.45) is 40.7. The van der Waals surface area contributed by atoms with Crippen LogP contribution in [0.15, 0.2) is 0 Å². The van der Waals surface area contributed by atoms with Gasteiger partial charge in [0.15, 0.2) is 0 Å². The van der Waals surface area contributed by atoms with Crippen molar-refractivity contribution in [2.75, 3.05) is 55.4 Å². The molecule has 0 spiro atoms. The first-order valence-corrected chi connectivity index (χ1v) is 20.8. The summed E-state index contributed by atoms with van der Waals surface area (Å²) in [5.41, 5.74) is 0. The van der Waals surface area contributed by atoms with E-state index < -0.39 is 10.4 Å². The molecule has 0 aromatic heterocycles. The summed E-state index contributed by atoms with van der Waals surface area (Å²) >= 11 is 0. The second kappa shape index (κ2) is 38.1. The van der Waals surface area contributed by atoms with Crippen LogP contribution >= 0.6 is 0 Å². The summed E-state index contributed by atoms with van der Waals surface area (Å²) in [5, 5.41) is 0. The molecule has 0 saturated carbocycles. The van der Waals surface area contributed by atoms with E-state index in [0.29, 0.717) is 0 Å². The Hall–Kier alpha value is 0.270. The van der Waals surface area contributed by atoms with Gasteiger partial charge in [-0.05, 0) is 25.7 Å². The molecule has 0 aliphatic rings. The molecule has 0 unspecified atom stereocenters. The zero-order valence-electron chi connectivity index (χ0n) is 32.6. The van der Waals surface area contributed by atoms with Gasteiger partial charge in [-0.1, -0.05) is 168 Å². The summed E-state index contributed by atoms with van der Waals surface area (Å²) in [4.78, 5) is 0. The predicted molar refractivity (Wildman–Crippen MR) is 199 cm³/mol. The van der Waals surface area contributed by atoms with Gasteiger partial charge in [-0.15, -0.1) is 0 Å². The number of hydrogen-bond donors (Lipinski definition) is 1. The Morgan fingerprint density at radius 3 is 0.652 bits per heavy atom. The average Bonchev–Trinajstić information content (AvgIpc) is 2.92. The van der Waals surface area contributed by atoms with Crippen LogP contribution in [0.4, 0.5) is 0 Å². The smallest absolute Gasteiger partial charge is 0.215 e. The first-order chi connectivity index (χ1) is 21.1. The van der Waals surface area contributed by atoms with Gasteiger partial charge in [-0.25, -0.2) is 8.42 Å². The lowest BCUT2D eigenvalue weighted by Crippen LogP contribution is -3.00. The van der Waals surface area contributed by atoms with Crippen LogP contribution in [0.1, 0.15) is 194 Å². The summed E-state index contributed by atoms with van der Waals surface area (Å²) in [6, 6.07) is 0. The Balaban J connectivity index is -0.000000327. The van der Waals surface area contributed by atoms with Crippen molar-refractivity contribution in [1.29, 1.82) is 0 Å². The van der Waals surface area contributed by atoms with Gasteiger partial charge < -0.3 is 30.5 Å². The lowest BCUT2D eigenvalue weighted by atomic mass is 10.0. The van der Waals surface area contributed by atoms with E-state index in [1.165, 1.54) is 193 Å². The maximum absolute atomic E-state index is 8.63. The molecule has 1 N–H and O–H groups in total. The fourth-order valence-corrected chi connectivity index (χ4v) is 5.56. The minimum absolute atomic E-state index is 0. The molecule has 0 aromatic carbocycles. The van der Waals surface area contributed by atoms with E-state index in [1.54, 1.807) is 0 Å². The van der Waals surface area contributed by atoms with Gasteiger partial charge in [-0.3, -0.25) is 4.55 Å². The lowest BCUT2D eigenvalue weighted by Gasteiger charge is -2.23. The summed E-state index contributed by atoms with van der Waals surface area (Å²) in [7, 11) is 8.85. The fourth-order valence-electron chi connectivity index (χ4n) is 5.56. The van der Waals surface area contributed by atoms with Crippen molar-refractivity contribution in [2.45, 2.75) is 194 Å². The van der Waals surface area contributed by atoms with Crippen LogP contribution in [-0.2, 0) is 10.4 Å². The quantitative estimate of drug-likeness (QED) is 0.0347. The van der Waals surface area contributed by atoms with Crippen LogP contribution in [0.5, 0.6) is 0 Å². The van der Waals surface area contributed by atoms with E-state index in [9.17, 15) is 0 Å². The Labute approximate surface area is 301 Å². The van der Waals surface area contributed by atoms with Gasteiger partial charge in [0.05, 0.1) is 55.4 Å². The van der Waals surface area contributed by atoms with Gasteiger partial charge in [-0.2, -0.15) is 0 Å². The highest BCUT2D eigenvalue weighted by Crippen LogP contribution is 2.14. The Kier molecular flexibility index (Phi) is 43.9. The zero-order chi connectivity index (χ0) is 34.7. The summed E-state index contributed by atoms with van der Waals surface area (Å²) in [6.45, 7) is 7.25. The van der Waals surface area contributed by atoms with Crippen LogP contribution in [0.2, 0.25) is 0 Å². The van der Waals surface area contributed by atoms with Crippen molar-refractivity contribution in [3.63, 3.8) is 0 Å². The number of unbranched alkanes of at least 4 members (excludes halogenated alkanes) is 26. The molecule has 0 bridgehead atoms. The third kappa shape index (κ3) is 70.6. The molecular weight excluding hydrogens is 660 g/mol. The highest BCUT2D eigenvalue weighted by molar-refractivity contribution is 7.79. The van der Waals surface area contributed by atoms with E-state index in [0.717, 1.165) is 8.97 Å². The van der Waals surface area contributed by atoms with Gasteiger partial charge >= 0.3 is 0 Å². The third-order valence-corrected chi connectivity index (χ3v) is 8.36. The third-order valence-electron chi connectivity index (χ3n) is 8.36. The molecule has 284 valence electrons. The number of halogens is 1. The molecule has 0 rings (SSSR count). The van der Waals surface area contributed by atoms with Crippen molar-refractivity contribution < 1.29 is 43.5 Å². The van der Waals surface area contributed by atoms with Crippen molar-refractivity contribution in [2.24, 2.45) is 0 Å². The first-order valence-electron chi connectivity index (χ1n) is 19.4. The van der Waals surface area contributed by atoms with Crippen LogP contribution < -0.4 is 17.0 Å². The SMILES string of the molecule is CCCCCCCCCCCCCCCC[N+](C)(C)C.CCCCCCCCCCCCCCCC[N+](C)(C)C.O=S(=O)([O-])O.[Br-]. The van der Waals surface area contributed by atoms with Gasteiger partial charge in [0.2, 0.25) is 10.4 Å². The zero-order valence-corrected chi connectivity index (χ0v) is 35.0. The van der Waals surface area contributed by atoms with Crippen molar-refractivity contribution in [3.05, 3.63) is 0 Å². The largest absolute Gasteiger partial charge is 1.00 e. The maximum atomic E-state index is 8.63. The molecule has 0 aliphatic carbocycles. The fraction of sp³-hybridized carbons (Fsp3) is 1.00. The van der Waals surface area contributed by atoms with Gasteiger partial charge in [0.1, 0.15) is 0 Å². The van der Waals surface area contributed by atoms with Crippen LogP contribution in [0, 0.1) is 0 Å². The monoisotopic (exact) mass is 745 g/mol.